The number of benzene rings is 1. The van der Waals surface area contributed by atoms with Gasteiger partial charge in [0.1, 0.15) is 17.5 Å². The summed E-state index contributed by atoms with van der Waals surface area (Å²) in [6.07, 6.45) is 5.90. The van der Waals surface area contributed by atoms with Crippen LogP contribution in [-0.4, -0.2) is 60.5 Å². The second-order valence-electron chi connectivity index (χ2n) is 9.75. The van der Waals surface area contributed by atoms with Gasteiger partial charge < -0.3 is 14.6 Å². The summed E-state index contributed by atoms with van der Waals surface area (Å²) in [5.74, 6) is 1.51. The molecule has 0 spiro atoms. The molecule has 192 valence electrons. The zero-order valence-corrected chi connectivity index (χ0v) is 22.1. The molecular weight excluding hydrogens is 513 g/mol. The number of rotatable bonds is 5. The molecule has 2 aliphatic rings. The van der Waals surface area contributed by atoms with Gasteiger partial charge in [-0.25, -0.2) is 4.98 Å². The Kier molecular flexibility index (Phi) is 6.30. The van der Waals surface area contributed by atoms with Gasteiger partial charge in [0.05, 0.1) is 46.1 Å². The fraction of sp³-hybridized carbons (Fsp3) is 0.385. The van der Waals surface area contributed by atoms with Crippen LogP contribution in [0.25, 0.3) is 22.4 Å². The van der Waals surface area contributed by atoms with Crippen molar-refractivity contribution in [2.24, 2.45) is 0 Å². The lowest BCUT2D eigenvalue weighted by Gasteiger charge is -2.33. The number of imidazole rings is 1. The van der Waals surface area contributed by atoms with Gasteiger partial charge in [0.25, 0.3) is 0 Å². The first-order valence-corrected chi connectivity index (χ1v) is 13.2. The van der Waals surface area contributed by atoms with Crippen LogP contribution in [0.5, 0.6) is 5.75 Å². The van der Waals surface area contributed by atoms with E-state index < -0.39 is 0 Å². The lowest BCUT2D eigenvalue weighted by atomic mass is 10.0. The molecule has 0 radical (unpaired) electrons. The van der Waals surface area contributed by atoms with Crippen LogP contribution in [0, 0.1) is 0 Å². The summed E-state index contributed by atoms with van der Waals surface area (Å²) >= 11 is 12.6. The molecule has 0 bridgehead atoms. The van der Waals surface area contributed by atoms with E-state index in [1.54, 1.807) is 12.4 Å². The van der Waals surface area contributed by atoms with E-state index in [-0.39, 0.29) is 18.1 Å². The molecule has 6 rings (SSSR count). The molecule has 1 aromatic carbocycles. The minimum Gasteiger partial charge on any atom is -0.486 e. The van der Waals surface area contributed by atoms with Crippen molar-refractivity contribution in [3.05, 3.63) is 57.6 Å². The van der Waals surface area contributed by atoms with Gasteiger partial charge in [-0.3, -0.25) is 19.8 Å². The largest absolute Gasteiger partial charge is 0.486 e. The van der Waals surface area contributed by atoms with Crippen LogP contribution in [0.4, 0.5) is 0 Å². The van der Waals surface area contributed by atoms with Crippen molar-refractivity contribution < 1.29 is 9.53 Å². The van der Waals surface area contributed by atoms with Crippen LogP contribution in [0.2, 0.25) is 10.0 Å². The third-order valence-electron chi connectivity index (χ3n) is 7.29. The Morgan fingerprint density at radius 2 is 2.00 bits per heavy atom. The summed E-state index contributed by atoms with van der Waals surface area (Å²) in [7, 11) is 2.04. The zero-order chi connectivity index (χ0) is 25.7. The molecular formula is C26H27Cl2N7O2. The summed E-state index contributed by atoms with van der Waals surface area (Å²) in [6, 6.07) is 5.68. The molecule has 1 amide bonds. The predicted octanol–water partition coefficient (Wildman–Crippen LogP) is 5.12. The first kappa shape index (κ1) is 24.2. The molecule has 2 N–H and O–H groups in total. The van der Waals surface area contributed by atoms with Gasteiger partial charge in [0.15, 0.2) is 5.82 Å². The number of nitrogens with one attached hydrogen (secondary N) is 2. The van der Waals surface area contributed by atoms with E-state index in [0.29, 0.717) is 46.0 Å². The van der Waals surface area contributed by atoms with Gasteiger partial charge in [-0.1, -0.05) is 29.6 Å². The Labute approximate surface area is 224 Å². The van der Waals surface area contributed by atoms with Crippen LogP contribution in [0.15, 0.2) is 30.6 Å². The van der Waals surface area contributed by atoms with Crippen LogP contribution >= 0.6 is 23.2 Å². The third-order valence-corrected chi connectivity index (χ3v) is 7.89. The fourth-order valence-electron chi connectivity index (χ4n) is 5.32. The number of piperidine rings is 1. The highest BCUT2D eigenvalue weighted by Crippen LogP contribution is 2.35. The molecule has 11 heteroatoms. The van der Waals surface area contributed by atoms with Crippen molar-refractivity contribution in [3.8, 4) is 17.3 Å². The van der Waals surface area contributed by atoms with Gasteiger partial charge in [-0.15, -0.1) is 0 Å². The summed E-state index contributed by atoms with van der Waals surface area (Å²) in [6.45, 7) is 3.91. The number of fused-ring (bicyclic) bond motifs is 2. The van der Waals surface area contributed by atoms with E-state index in [4.69, 9.17) is 32.9 Å². The van der Waals surface area contributed by atoms with E-state index in [1.165, 1.54) is 0 Å². The molecule has 5 heterocycles. The number of halogens is 2. The normalized spacial score (nSPS) is 18.8. The summed E-state index contributed by atoms with van der Waals surface area (Å²) in [4.78, 5) is 29.4. The number of likely N-dealkylation sites (tertiary alicyclic amines) is 1. The van der Waals surface area contributed by atoms with Crippen LogP contribution in [-0.2, 0) is 17.9 Å². The number of H-pyrrole nitrogens is 2. The lowest BCUT2D eigenvalue weighted by Crippen LogP contribution is -2.47. The van der Waals surface area contributed by atoms with Crippen molar-refractivity contribution in [3.63, 3.8) is 0 Å². The number of ether oxygens (including phenoxy) is 1. The number of hydrogen-bond donors (Lipinski definition) is 2. The van der Waals surface area contributed by atoms with E-state index in [0.717, 1.165) is 48.1 Å². The van der Waals surface area contributed by atoms with Crippen LogP contribution in [0.1, 0.15) is 49.2 Å². The van der Waals surface area contributed by atoms with E-state index >= 15 is 0 Å². The summed E-state index contributed by atoms with van der Waals surface area (Å²) < 4.78 is 6.18. The van der Waals surface area contributed by atoms with E-state index in [2.05, 4.69) is 25.1 Å². The summed E-state index contributed by atoms with van der Waals surface area (Å²) in [5.41, 5.74) is 4.10. The van der Waals surface area contributed by atoms with Crippen molar-refractivity contribution in [2.45, 2.75) is 51.4 Å². The second kappa shape index (κ2) is 9.63. The quantitative estimate of drug-likeness (QED) is 0.364. The maximum absolute atomic E-state index is 13.1. The number of aromatic amines is 2. The number of pyridine rings is 1. The fourth-order valence-corrected chi connectivity index (χ4v) is 5.99. The number of nitrogens with zero attached hydrogens (tertiary/aromatic N) is 5. The molecule has 3 aromatic heterocycles. The number of carbonyl (C=O) groups excluding carboxylic acids is 1. The number of likely N-dealkylation sites (N-methyl/N-ethyl adjacent to an activating group) is 1. The number of carbonyl (C=O) groups is 1. The first-order valence-electron chi connectivity index (χ1n) is 12.4. The van der Waals surface area contributed by atoms with Gasteiger partial charge >= 0.3 is 0 Å². The lowest BCUT2D eigenvalue weighted by molar-refractivity contribution is -0.138. The van der Waals surface area contributed by atoms with E-state index in [1.807, 2.05) is 37.1 Å². The average molecular weight is 540 g/mol. The molecule has 1 fully saturated rings. The number of amides is 1. The SMILES string of the molecule is C[C@@H](Oc1ccc2[nH]nc(-c3nc4c([nH]3)CN(C(=O)C3CCCCN3C)C4)c2c1)c1c(Cl)cncc1Cl. The minimum atomic E-state index is -0.380. The molecule has 2 aliphatic heterocycles. The topological polar surface area (TPSA) is 103 Å². The molecule has 4 aromatic rings. The molecule has 37 heavy (non-hydrogen) atoms. The van der Waals surface area contributed by atoms with Gasteiger partial charge in [-0.05, 0) is 51.6 Å². The Balaban J connectivity index is 1.22. The smallest absolute Gasteiger partial charge is 0.240 e. The van der Waals surface area contributed by atoms with Crippen LogP contribution < -0.4 is 4.74 Å². The van der Waals surface area contributed by atoms with Crippen molar-refractivity contribution in [1.29, 1.82) is 0 Å². The molecule has 9 nitrogen and oxygen atoms in total. The maximum Gasteiger partial charge on any atom is 0.240 e. The Bertz CT molecular complexity index is 1440. The van der Waals surface area contributed by atoms with E-state index in [9.17, 15) is 4.79 Å². The molecule has 1 unspecified atom stereocenters. The Morgan fingerprint density at radius 1 is 1.19 bits per heavy atom. The highest BCUT2D eigenvalue weighted by Gasteiger charge is 2.34. The van der Waals surface area contributed by atoms with Crippen molar-refractivity contribution in [1.82, 2.24) is 34.9 Å². The maximum atomic E-state index is 13.1. The second-order valence-corrected chi connectivity index (χ2v) is 10.6. The molecule has 2 atom stereocenters. The average Bonchev–Trinajstić information content (AvgIpc) is 3.56. The van der Waals surface area contributed by atoms with Gasteiger partial charge in [0.2, 0.25) is 5.91 Å². The summed E-state index contributed by atoms with van der Waals surface area (Å²) in [5, 5.41) is 9.37. The minimum absolute atomic E-state index is 0.0368. The van der Waals surface area contributed by atoms with Gasteiger partial charge in [-0.2, -0.15) is 5.10 Å². The third kappa shape index (κ3) is 4.45. The zero-order valence-electron chi connectivity index (χ0n) is 20.6. The first-order chi connectivity index (χ1) is 17.9. The monoisotopic (exact) mass is 539 g/mol. The Hall–Kier alpha value is -3.14. The standard InChI is InChI=1S/C26H27Cl2N7O2/c1-14(23-17(27)10-29-11-18(23)28)37-15-6-7-19-16(9-15)24(33-32-19)25-30-20-12-35(13-21(20)31-25)26(36)22-5-3-4-8-34(22)2/h6-7,9-11,14,22H,3-5,8,12-13H2,1-2H3,(H,30,31)(H,32,33)/t14-,22?/m1/s1. The predicted molar refractivity (Wildman–Crippen MR) is 141 cm³/mol. The number of aromatic nitrogens is 5. The highest BCUT2D eigenvalue weighted by molar-refractivity contribution is 6.35. The molecule has 0 aliphatic carbocycles. The van der Waals surface area contributed by atoms with Gasteiger partial charge in [0, 0.05) is 23.3 Å². The molecule has 0 saturated carbocycles. The van der Waals surface area contributed by atoms with Crippen molar-refractivity contribution in [2.75, 3.05) is 13.6 Å². The van der Waals surface area contributed by atoms with Crippen molar-refractivity contribution >= 4 is 40.0 Å². The number of hydrogen-bond acceptors (Lipinski definition) is 6. The molecule has 1 saturated heterocycles. The highest BCUT2D eigenvalue weighted by atomic mass is 35.5. The Morgan fingerprint density at radius 3 is 2.76 bits per heavy atom. The van der Waals surface area contributed by atoms with Crippen LogP contribution in [0.3, 0.4) is 0 Å².